The first kappa shape index (κ1) is 21.2. The molecule has 0 unspecified atom stereocenters. The van der Waals surface area contributed by atoms with Crippen molar-refractivity contribution in [3.63, 3.8) is 0 Å². The number of aliphatic imine (C=N–C) groups is 1. The molecule has 2 aromatic heterocycles. The first-order chi connectivity index (χ1) is 12.6. The van der Waals surface area contributed by atoms with Crippen LogP contribution in [0.4, 0.5) is 5.69 Å². The molecule has 10 heteroatoms. The Morgan fingerprint density at radius 3 is 2.52 bits per heavy atom. The van der Waals surface area contributed by atoms with Gasteiger partial charge in [0.15, 0.2) is 5.96 Å². The summed E-state index contributed by atoms with van der Waals surface area (Å²) in [4.78, 5) is 20.6. The molecule has 2 aromatic rings. The molecule has 0 spiro atoms. The van der Waals surface area contributed by atoms with E-state index in [0.717, 1.165) is 37.6 Å². The maximum atomic E-state index is 12.5. The van der Waals surface area contributed by atoms with Gasteiger partial charge in [-0.1, -0.05) is 0 Å². The van der Waals surface area contributed by atoms with Crippen molar-refractivity contribution >= 4 is 41.5 Å². The van der Waals surface area contributed by atoms with Gasteiger partial charge in [-0.05, 0) is 18.4 Å². The van der Waals surface area contributed by atoms with Gasteiger partial charge in [0.05, 0.1) is 18.1 Å². The molecule has 9 nitrogen and oxygen atoms in total. The van der Waals surface area contributed by atoms with E-state index < -0.39 is 0 Å². The molecule has 1 N–H and O–H groups in total. The molecule has 1 aliphatic rings. The fourth-order valence-corrected chi connectivity index (χ4v) is 3.10. The van der Waals surface area contributed by atoms with Crippen LogP contribution in [0.1, 0.15) is 12.0 Å². The van der Waals surface area contributed by atoms with Crippen molar-refractivity contribution in [3.8, 4) is 0 Å². The highest BCUT2D eigenvalue weighted by atomic mass is 127. The highest BCUT2D eigenvalue weighted by molar-refractivity contribution is 14.0. The van der Waals surface area contributed by atoms with Crippen LogP contribution in [-0.2, 0) is 25.3 Å². The molecule has 0 aromatic carbocycles. The van der Waals surface area contributed by atoms with Crippen LogP contribution in [0.2, 0.25) is 0 Å². The Kier molecular flexibility index (Phi) is 7.63. The Morgan fingerprint density at radius 1 is 1.19 bits per heavy atom. The molecular weight excluding hydrogens is 459 g/mol. The number of hydrogen-bond donors (Lipinski definition) is 1. The lowest BCUT2D eigenvalue weighted by atomic mass is 10.2. The predicted molar refractivity (Wildman–Crippen MR) is 115 cm³/mol. The molecule has 1 fully saturated rings. The van der Waals surface area contributed by atoms with Crippen LogP contribution < -0.4 is 10.2 Å². The lowest BCUT2D eigenvalue weighted by molar-refractivity contribution is -0.120. The molecular formula is C17H27IN8O. The Labute approximate surface area is 176 Å². The third kappa shape index (κ3) is 5.44. The number of guanidine groups is 1. The first-order valence-corrected chi connectivity index (χ1v) is 8.79. The summed E-state index contributed by atoms with van der Waals surface area (Å²) < 4.78 is 3.52. The van der Waals surface area contributed by atoms with Gasteiger partial charge in [0.2, 0.25) is 5.91 Å². The number of carbonyl (C=O) groups is 1. The van der Waals surface area contributed by atoms with Gasteiger partial charge < -0.3 is 15.1 Å². The maximum Gasteiger partial charge on any atom is 0.246 e. The van der Waals surface area contributed by atoms with E-state index in [-0.39, 0.29) is 29.9 Å². The topological polar surface area (TPSA) is 83.6 Å². The van der Waals surface area contributed by atoms with Crippen molar-refractivity contribution in [3.05, 3.63) is 30.4 Å². The van der Waals surface area contributed by atoms with Gasteiger partial charge in [0, 0.05) is 53.2 Å². The Hall–Kier alpha value is -2.11. The number of aromatic nitrogens is 4. The van der Waals surface area contributed by atoms with E-state index in [4.69, 9.17) is 0 Å². The number of nitrogens with one attached hydrogen (secondary N) is 1. The number of hydrogen-bond acceptors (Lipinski definition) is 4. The quantitative estimate of drug-likeness (QED) is 0.290. The normalized spacial score (nSPS) is 15.1. The van der Waals surface area contributed by atoms with Crippen LogP contribution in [0.15, 0.2) is 29.8 Å². The van der Waals surface area contributed by atoms with Crippen LogP contribution in [0.25, 0.3) is 0 Å². The number of rotatable bonds is 5. The van der Waals surface area contributed by atoms with E-state index in [2.05, 4.69) is 20.5 Å². The largest absolute Gasteiger partial charge is 0.356 e. The Bertz CT molecular complexity index is 784. The summed E-state index contributed by atoms with van der Waals surface area (Å²) in [5.41, 5.74) is 2.07. The van der Waals surface area contributed by atoms with Crippen LogP contribution in [0.3, 0.4) is 0 Å². The third-order valence-corrected chi connectivity index (χ3v) is 4.42. The van der Waals surface area contributed by atoms with E-state index in [1.807, 2.05) is 42.3 Å². The number of piperazine rings is 1. The number of carbonyl (C=O) groups excluding carboxylic acids is 1. The smallest absolute Gasteiger partial charge is 0.246 e. The molecule has 27 heavy (non-hydrogen) atoms. The van der Waals surface area contributed by atoms with Crippen molar-refractivity contribution in [2.45, 2.75) is 12.8 Å². The summed E-state index contributed by atoms with van der Waals surface area (Å²) in [6, 6.07) is 0. The minimum Gasteiger partial charge on any atom is -0.356 e. The van der Waals surface area contributed by atoms with E-state index in [1.54, 1.807) is 22.8 Å². The molecule has 0 saturated carbocycles. The molecule has 1 saturated heterocycles. The second kappa shape index (κ2) is 9.72. The standard InChI is InChI=1S/C17H26N8O.HI/c1-18-17(19-6-4-5-14-9-20-22(2)11-14)24-7-8-25(16(26)13-24)15-10-21-23(3)12-15;/h9-12H,4-8,13H2,1-3H3,(H,18,19);1H. The van der Waals surface area contributed by atoms with Crippen molar-refractivity contribution in [1.82, 2.24) is 29.8 Å². The van der Waals surface area contributed by atoms with Gasteiger partial charge in [-0.3, -0.25) is 19.2 Å². The lowest BCUT2D eigenvalue weighted by Crippen LogP contribution is -2.55. The monoisotopic (exact) mass is 486 g/mol. The van der Waals surface area contributed by atoms with Crippen LogP contribution in [-0.4, -0.2) is 69.6 Å². The molecule has 148 valence electrons. The third-order valence-electron chi connectivity index (χ3n) is 4.42. The van der Waals surface area contributed by atoms with Crippen molar-refractivity contribution < 1.29 is 4.79 Å². The summed E-state index contributed by atoms with van der Waals surface area (Å²) in [6.07, 6.45) is 9.45. The minimum absolute atomic E-state index is 0. The summed E-state index contributed by atoms with van der Waals surface area (Å²) in [7, 11) is 5.52. The summed E-state index contributed by atoms with van der Waals surface area (Å²) in [5, 5.41) is 11.7. The average molecular weight is 486 g/mol. The zero-order chi connectivity index (χ0) is 18.5. The lowest BCUT2D eigenvalue weighted by Gasteiger charge is -2.35. The van der Waals surface area contributed by atoms with Crippen molar-refractivity contribution in [1.29, 1.82) is 0 Å². The molecule has 3 rings (SSSR count). The minimum atomic E-state index is 0. The van der Waals surface area contributed by atoms with E-state index in [0.29, 0.717) is 13.1 Å². The fourth-order valence-electron chi connectivity index (χ4n) is 3.10. The fraction of sp³-hybridized carbons (Fsp3) is 0.529. The molecule has 1 amide bonds. The predicted octanol–water partition coefficient (Wildman–Crippen LogP) is 0.628. The maximum absolute atomic E-state index is 12.5. The second-order valence-corrected chi connectivity index (χ2v) is 6.44. The number of aryl methyl sites for hydroxylation is 3. The van der Waals surface area contributed by atoms with Crippen LogP contribution in [0.5, 0.6) is 0 Å². The van der Waals surface area contributed by atoms with Crippen LogP contribution in [0, 0.1) is 0 Å². The SMILES string of the molecule is CN=C(NCCCc1cnn(C)c1)N1CCN(c2cnn(C)c2)C(=O)C1.I. The highest BCUT2D eigenvalue weighted by Gasteiger charge is 2.27. The Balaban J connectivity index is 0.00000261. The number of halogens is 1. The zero-order valence-corrected chi connectivity index (χ0v) is 18.3. The van der Waals surface area contributed by atoms with Gasteiger partial charge in [0.25, 0.3) is 0 Å². The zero-order valence-electron chi connectivity index (χ0n) is 16.0. The number of anilines is 1. The van der Waals surface area contributed by atoms with Crippen molar-refractivity contribution in [2.75, 3.05) is 38.1 Å². The molecule has 0 radical (unpaired) electrons. The van der Waals surface area contributed by atoms with E-state index >= 15 is 0 Å². The van der Waals surface area contributed by atoms with E-state index in [1.165, 1.54) is 5.56 Å². The van der Waals surface area contributed by atoms with Crippen LogP contribution >= 0.6 is 24.0 Å². The van der Waals surface area contributed by atoms with Gasteiger partial charge in [0.1, 0.15) is 6.54 Å². The molecule has 1 aliphatic heterocycles. The molecule has 0 bridgehead atoms. The summed E-state index contributed by atoms with van der Waals surface area (Å²) in [6.45, 7) is 2.49. The molecule has 3 heterocycles. The Morgan fingerprint density at radius 2 is 1.93 bits per heavy atom. The van der Waals surface area contributed by atoms with E-state index in [9.17, 15) is 4.79 Å². The molecule has 0 atom stereocenters. The van der Waals surface area contributed by atoms with Gasteiger partial charge in [-0.25, -0.2) is 0 Å². The van der Waals surface area contributed by atoms with Gasteiger partial charge >= 0.3 is 0 Å². The van der Waals surface area contributed by atoms with Gasteiger partial charge in [-0.2, -0.15) is 10.2 Å². The summed E-state index contributed by atoms with van der Waals surface area (Å²) >= 11 is 0. The van der Waals surface area contributed by atoms with Crippen molar-refractivity contribution in [2.24, 2.45) is 19.1 Å². The number of amides is 1. The number of nitrogens with zero attached hydrogens (tertiary/aromatic N) is 7. The second-order valence-electron chi connectivity index (χ2n) is 6.44. The van der Waals surface area contributed by atoms with Gasteiger partial charge in [-0.15, -0.1) is 24.0 Å². The highest BCUT2D eigenvalue weighted by Crippen LogP contribution is 2.16. The summed E-state index contributed by atoms with van der Waals surface area (Å²) in [5.74, 6) is 0.831. The molecule has 0 aliphatic carbocycles. The average Bonchev–Trinajstić information content (AvgIpc) is 3.23. The first-order valence-electron chi connectivity index (χ1n) is 8.79.